The van der Waals surface area contributed by atoms with Crippen LogP contribution in [0.1, 0.15) is 20.8 Å². The van der Waals surface area contributed by atoms with Crippen LogP contribution >= 0.6 is 11.3 Å². The van der Waals surface area contributed by atoms with Gasteiger partial charge < -0.3 is 20.5 Å². The average Bonchev–Trinajstić information content (AvgIpc) is 2.79. The van der Waals surface area contributed by atoms with Crippen LogP contribution in [0.4, 0.5) is 5.00 Å². The van der Waals surface area contributed by atoms with E-state index < -0.39 is 5.91 Å². The minimum Gasteiger partial charge on any atom is -0.493 e. The summed E-state index contributed by atoms with van der Waals surface area (Å²) in [7, 11) is 1.53. The van der Waals surface area contributed by atoms with E-state index in [1.165, 1.54) is 18.4 Å². The van der Waals surface area contributed by atoms with Gasteiger partial charge in [0.05, 0.1) is 12.7 Å². The fourth-order valence-electron chi connectivity index (χ4n) is 2.06. The van der Waals surface area contributed by atoms with Crippen LogP contribution in [0, 0.1) is 13.8 Å². The normalized spacial score (nSPS) is 10.2. The highest BCUT2D eigenvalue weighted by Gasteiger charge is 2.19. The Balaban J connectivity index is 2.06. The summed E-state index contributed by atoms with van der Waals surface area (Å²) in [5, 5.41) is 3.12. The van der Waals surface area contributed by atoms with E-state index in [9.17, 15) is 9.59 Å². The molecule has 6 nitrogen and oxygen atoms in total. The summed E-state index contributed by atoms with van der Waals surface area (Å²) in [6.07, 6.45) is 0. The van der Waals surface area contributed by atoms with E-state index in [2.05, 4.69) is 5.32 Å². The molecule has 2 rings (SSSR count). The van der Waals surface area contributed by atoms with Crippen molar-refractivity contribution in [3.8, 4) is 11.5 Å². The predicted molar refractivity (Wildman–Crippen MR) is 89.4 cm³/mol. The molecule has 0 fully saturated rings. The Bertz CT molecular complexity index is 740. The van der Waals surface area contributed by atoms with E-state index in [1.807, 2.05) is 13.0 Å². The summed E-state index contributed by atoms with van der Waals surface area (Å²) in [5.41, 5.74) is 6.50. The van der Waals surface area contributed by atoms with Crippen LogP contribution in [0.5, 0.6) is 11.5 Å². The highest BCUT2D eigenvalue weighted by Crippen LogP contribution is 2.32. The van der Waals surface area contributed by atoms with Gasteiger partial charge >= 0.3 is 0 Å². The third-order valence-corrected chi connectivity index (χ3v) is 4.44. The van der Waals surface area contributed by atoms with Gasteiger partial charge in [-0.15, -0.1) is 11.3 Å². The van der Waals surface area contributed by atoms with Gasteiger partial charge in [0.2, 0.25) is 0 Å². The molecule has 0 radical (unpaired) electrons. The number of anilines is 1. The van der Waals surface area contributed by atoms with Crippen LogP contribution in [0.2, 0.25) is 0 Å². The Morgan fingerprint density at radius 2 is 1.87 bits per heavy atom. The van der Waals surface area contributed by atoms with Crippen LogP contribution in [-0.4, -0.2) is 25.5 Å². The molecule has 0 unspecified atom stereocenters. The molecule has 1 aromatic carbocycles. The summed E-state index contributed by atoms with van der Waals surface area (Å²) in [5.74, 6) is 0.0761. The molecule has 2 amide bonds. The smallest absolute Gasteiger partial charge is 0.262 e. The minimum atomic E-state index is -0.562. The fraction of sp³-hybridized carbons (Fsp3) is 0.250. The Labute approximate surface area is 138 Å². The molecule has 0 aliphatic rings. The number of primary amides is 1. The third-order valence-electron chi connectivity index (χ3n) is 3.31. The molecule has 1 aromatic heterocycles. The van der Waals surface area contributed by atoms with Crippen molar-refractivity contribution in [1.82, 2.24) is 0 Å². The topological polar surface area (TPSA) is 90.7 Å². The number of para-hydroxylation sites is 2. The van der Waals surface area contributed by atoms with E-state index in [4.69, 9.17) is 15.2 Å². The average molecular weight is 334 g/mol. The summed E-state index contributed by atoms with van der Waals surface area (Å²) < 4.78 is 10.6. The summed E-state index contributed by atoms with van der Waals surface area (Å²) in [6.45, 7) is 3.47. The Morgan fingerprint density at radius 3 is 2.48 bits per heavy atom. The van der Waals surface area contributed by atoms with Crippen LogP contribution in [-0.2, 0) is 4.79 Å². The number of hydrogen-bond acceptors (Lipinski definition) is 5. The Kier molecular flexibility index (Phi) is 5.23. The molecule has 0 bridgehead atoms. The number of carbonyl (C=O) groups is 2. The first-order valence-electron chi connectivity index (χ1n) is 6.89. The standard InChI is InChI=1S/C16H18N2O4S/c1-9-10(2)23-16(14(9)15(17)20)18-13(19)8-22-12-7-5-4-6-11(12)21-3/h4-7H,8H2,1-3H3,(H2,17,20)(H,18,19). The summed E-state index contributed by atoms with van der Waals surface area (Å²) in [6, 6.07) is 7.04. The molecule has 0 atom stereocenters. The third kappa shape index (κ3) is 3.81. The quantitative estimate of drug-likeness (QED) is 0.849. The Hall–Kier alpha value is -2.54. The first-order valence-corrected chi connectivity index (χ1v) is 7.71. The van der Waals surface area contributed by atoms with E-state index in [0.717, 1.165) is 10.4 Å². The van der Waals surface area contributed by atoms with Gasteiger partial charge in [-0.2, -0.15) is 0 Å². The Morgan fingerprint density at radius 1 is 1.22 bits per heavy atom. The molecular formula is C16H18N2O4S. The number of ether oxygens (including phenoxy) is 2. The maximum atomic E-state index is 12.1. The maximum absolute atomic E-state index is 12.1. The van der Waals surface area contributed by atoms with E-state index in [1.54, 1.807) is 25.1 Å². The molecule has 122 valence electrons. The monoisotopic (exact) mass is 334 g/mol. The molecular weight excluding hydrogens is 316 g/mol. The molecule has 2 aromatic rings. The zero-order valence-electron chi connectivity index (χ0n) is 13.1. The predicted octanol–water partition coefficient (Wildman–Crippen LogP) is 2.49. The molecule has 0 spiro atoms. The molecule has 0 saturated heterocycles. The zero-order valence-corrected chi connectivity index (χ0v) is 14.0. The van der Waals surface area contributed by atoms with Crippen molar-refractivity contribution >= 4 is 28.2 Å². The van der Waals surface area contributed by atoms with Crippen molar-refractivity contribution in [2.45, 2.75) is 13.8 Å². The van der Waals surface area contributed by atoms with Crippen molar-refractivity contribution in [3.05, 3.63) is 40.3 Å². The second-order valence-electron chi connectivity index (χ2n) is 4.84. The number of rotatable bonds is 6. The first-order chi connectivity index (χ1) is 10.9. The highest BCUT2D eigenvalue weighted by atomic mass is 32.1. The van der Waals surface area contributed by atoms with Crippen LogP contribution < -0.4 is 20.5 Å². The second-order valence-corrected chi connectivity index (χ2v) is 6.06. The molecule has 1 heterocycles. The molecule has 3 N–H and O–H groups in total. The number of carbonyl (C=O) groups excluding carboxylic acids is 2. The van der Waals surface area contributed by atoms with E-state index in [0.29, 0.717) is 22.1 Å². The minimum absolute atomic E-state index is 0.200. The number of hydrogen-bond donors (Lipinski definition) is 2. The highest BCUT2D eigenvalue weighted by molar-refractivity contribution is 7.16. The van der Waals surface area contributed by atoms with Crippen molar-refractivity contribution in [1.29, 1.82) is 0 Å². The fourth-order valence-corrected chi connectivity index (χ4v) is 3.14. The van der Waals surface area contributed by atoms with Gasteiger partial charge in [0.25, 0.3) is 11.8 Å². The van der Waals surface area contributed by atoms with Crippen molar-refractivity contribution in [2.24, 2.45) is 5.73 Å². The van der Waals surface area contributed by atoms with Gasteiger partial charge in [-0.3, -0.25) is 9.59 Å². The lowest BCUT2D eigenvalue weighted by Gasteiger charge is -2.10. The van der Waals surface area contributed by atoms with Crippen LogP contribution in [0.3, 0.4) is 0 Å². The van der Waals surface area contributed by atoms with E-state index >= 15 is 0 Å². The molecule has 0 saturated carbocycles. The van der Waals surface area contributed by atoms with E-state index in [-0.39, 0.29) is 12.5 Å². The second kappa shape index (κ2) is 7.15. The SMILES string of the molecule is COc1ccccc1OCC(=O)Nc1sc(C)c(C)c1C(N)=O. The number of thiophene rings is 1. The number of nitrogens with two attached hydrogens (primary N) is 1. The zero-order chi connectivity index (χ0) is 17.0. The maximum Gasteiger partial charge on any atom is 0.262 e. The lowest BCUT2D eigenvalue weighted by molar-refractivity contribution is -0.118. The van der Waals surface area contributed by atoms with Crippen LogP contribution in [0.15, 0.2) is 24.3 Å². The van der Waals surface area contributed by atoms with Gasteiger partial charge in [0, 0.05) is 4.88 Å². The molecule has 23 heavy (non-hydrogen) atoms. The number of nitrogens with one attached hydrogen (secondary N) is 1. The lowest BCUT2D eigenvalue weighted by Crippen LogP contribution is -2.22. The van der Waals surface area contributed by atoms with Crippen molar-refractivity contribution in [2.75, 3.05) is 19.0 Å². The summed E-state index contributed by atoms with van der Waals surface area (Å²) >= 11 is 1.31. The van der Waals surface area contributed by atoms with Crippen molar-refractivity contribution < 1.29 is 19.1 Å². The molecule has 0 aliphatic heterocycles. The van der Waals surface area contributed by atoms with Gasteiger partial charge in [-0.1, -0.05) is 12.1 Å². The lowest BCUT2D eigenvalue weighted by atomic mass is 10.1. The molecule has 0 aliphatic carbocycles. The van der Waals surface area contributed by atoms with Gasteiger partial charge in [-0.25, -0.2) is 0 Å². The number of methoxy groups -OCH3 is 1. The largest absolute Gasteiger partial charge is 0.493 e. The van der Waals surface area contributed by atoms with Gasteiger partial charge in [0.1, 0.15) is 5.00 Å². The molecule has 7 heteroatoms. The number of amides is 2. The van der Waals surface area contributed by atoms with Gasteiger partial charge in [0.15, 0.2) is 18.1 Å². The van der Waals surface area contributed by atoms with Crippen LogP contribution in [0.25, 0.3) is 0 Å². The first kappa shape index (κ1) is 16.8. The summed E-state index contributed by atoms with van der Waals surface area (Å²) in [4.78, 5) is 24.5. The van der Waals surface area contributed by atoms with Gasteiger partial charge in [-0.05, 0) is 31.5 Å². The van der Waals surface area contributed by atoms with Crippen molar-refractivity contribution in [3.63, 3.8) is 0 Å². The number of benzene rings is 1. The number of aryl methyl sites for hydroxylation is 1.